The topological polar surface area (TPSA) is 66.4 Å². The van der Waals surface area contributed by atoms with Crippen LogP contribution in [0.15, 0.2) is 11.4 Å². The summed E-state index contributed by atoms with van der Waals surface area (Å²) in [5.41, 5.74) is 0.344. The molecule has 6 heteroatoms. The molecule has 0 bridgehead atoms. The fraction of sp³-hybridized carbons (Fsp3) is 0.500. The van der Waals surface area contributed by atoms with Crippen molar-refractivity contribution in [2.24, 2.45) is 0 Å². The molecular weight excluding hydrogens is 246 g/mol. The van der Waals surface area contributed by atoms with Crippen molar-refractivity contribution in [2.45, 2.75) is 13.0 Å². The maximum Gasteiger partial charge on any atom is 0.336 e. The number of aromatic carboxylic acids is 1. The first kappa shape index (κ1) is 13.3. The summed E-state index contributed by atoms with van der Waals surface area (Å²) < 4.78 is 10.8. The Kier molecular flexibility index (Phi) is 5.65. The van der Waals surface area contributed by atoms with E-state index in [9.17, 15) is 9.00 Å². The maximum absolute atomic E-state index is 10.8. The molecule has 1 aromatic rings. The molecule has 2 N–H and O–H groups in total. The smallest absolute Gasteiger partial charge is 0.336 e. The van der Waals surface area contributed by atoms with E-state index in [-0.39, 0.29) is 0 Å². The molecule has 1 atom stereocenters. The van der Waals surface area contributed by atoms with E-state index in [0.29, 0.717) is 17.9 Å². The average Bonchev–Trinajstić information content (AvgIpc) is 2.65. The Morgan fingerprint density at radius 3 is 2.94 bits per heavy atom. The number of carboxylic acids is 1. The van der Waals surface area contributed by atoms with Crippen molar-refractivity contribution >= 4 is 28.1 Å². The molecular formula is C10H15NO3S2. The van der Waals surface area contributed by atoms with E-state index in [1.807, 2.05) is 0 Å². The minimum absolute atomic E-state index is 0.344. The van der Waals surface area contributed by atoms with Gasteiger partial charge in [0.25, 0.3) is 0 Å². The second kappa shape index (κ2) is 6.78. The molecule has 0 spiro atoms. The summed E-state index contributed by atoms with van der Waals surface area (Å²) in [4.78, 5) is 11.6. The predicted molar refractivity (Wildman–Crippen MR) is 66.5 cm³/mol. The first-order valence-corrected chi connectivity index (χ1v) is 7.51. The number of carboxylic acid groups (broad SMARTS) is 1. The van der Waals surface area contributed by atoms with Crippen LogP contribution >= 0.6 is 11.3 Å². The van der Waals surface area contributed by atoms with Gasteiger partial charge in [-0.15, -0.1) is 11.3 Å². The highest BCUT2D eigenvalue weighted by Gasteiger charge is 2.05. The van der Waals surface area contributed by atoms with Crippen molar-refractivity contribution in [2.75, 3.05) is 18.6 Å². The number of nitrogens with one attached hydrogen (secondary N) is 1. The van der Waals surface area contributed by atoms with Crippen LogP contribution in [-0.4, -0.2) is 33.8 Å². The van der Waals surface area contributed by atoms with Crippen LogP contribution in [0.5, 0.6) is 0 Å². The van der Waals surface area contributed by atoms with Crippen LogP contribution in [0.25, 0.3) is 0 Å². The first-order chi connectivity index (χ1) is 7.59. The summed E-state index contributed by atoms with van der Waals surface area (Å²) in [5.74, 6) is -0.179. The monoisotopic (exact) mass is 261 g/mol. The van der Waals surface area contributed by atoms with Crippen molar-refractivity contribution < 1.29 is 14.1 Å². The molecule has 1 heterocycles. The third-order valence-corrected chi connectivity index (χ3v) is 3.79. The van der Waals surface area contributed by atoms with Crippen LogP contribution < -0.4 is 5.32 Å². The zero-order valence-corrected chi connectivity index (χ0v) is 10.7. The maximum atomic E-state index is 10.8. The molecule has 4 nitrogen and oxygen atoms in total. The molecule has 16 heavy (non-hydrogen) atoms. The molecule has 0 saturated carbocycles. The van der Waals surface area contributed by atoms with Gasteiger partial charge < -0.3 is 10.4 Å². The molecule has 0 aliphatic heterocycles. The predicted octanol–water partition coefficient (Wildman–Crippen LogP) is 1.30. The lowest BCUT2D eigenvalue weighted by Crippen LogP contribution is -2.15. The van der Waals surface area contributed by atoms with Crippen LogP contribution in [0.4, 0.5) is 0 Å². The van der Waals surface area contributed by atoms with Crippen LogP contribution in [0.1, 0.15) is 21.7 Å². The van der Waals surface area contributed by atoms with Crippen LogP contribution in [0.3, 0.4) is 0 Å². The lowest BCUT2D eigenvalue weighted by Gasteiger charge is -2.01. The quantitative estimate of drug-likeness (QED) is 0.726. The van der Waals surface area contributed by atoms with Crippen molar-refractivity contribution in [3.05, 3.63) is 21.9 Å². The van der Waals surface area contributed by atoms with Gasteiger partial charge >= 0.3 is 5.97 Å². The number of hydrogen-bond donors (Lipinski definition) is 2. The summed E-state index contributed by atoms with van der Waals surface area (Å²) in [6.07, 6.45) is 2.57. The molecule has 0 aliphatic carbocycles. The Labute approximate surface area is 101 Å². The SMILES string of the molecule is CS(=O)CCCNCc1cc(C(=O)O)cs1. The van der Waals surface area contributed by atoms with Crippen molar-refractivity contribution in [1.82, 2.24) is 5.32 Å². The summed E-state index contributed by atoms with van der Waals surface area (Å²) >= 11 is 1.44. The molecule has 0 radical (unpaired) electrons. The highest BCUT2D eigenvalue weighted by atomic mass is 32.2. The summed E-state index contributed by atoms with van der Waals surface area (Å²) in [6, 6.07) is 1.68. The summed E-state index contributed by atoms with van der Waals surface area (Å²) in [7, 11) is -0.731. The van der Waals surface area contributed by atoms with Gasteiger partial charge in [-0.3, -0.25) is 4.21 Å². The Morgan fingerprint density at radius 2 is 2.38 bits per heavy atom. The van der Waals surface area contributed by atoms with Gasteiger partial charge in [0.05, 0.1) is 5.56 Å². The summed E-state index contributed by atoms with van der Waals surface area (Å²) in [5, 5.41) is 13.6. The second-order valence-electron chi connectivity index (χ2n) is 3.41. The molecule has 1 aromatic heterocycles. The number of carbonyl (C=O) groups is 1. The zero-order valence-electron chi connectivity index (χ0n) is 9.06. The van der Waals surface area contributed by atoms with Crippen LogP contribution in [-0.2, 0) is 17.3 Å². The number of thiophene rings is 1. The largest absolute Gasteiger partial charge is 0.478 e. The van der Waals surface area contributed by atoms with Crippen molar-refractivity contribution in [3.63, 3.8) is 0 Å². The molecule has 1 unspecified atom stereocenters. The third-order valence-electron chi connectivity index (χ3n) is 1.99. The minimum atomic E-state index is -0.885. The lowest BCUT2D eigenvalue weighted by atomic mass is 10.3. The molecule has 0 aromatic carbocycles. The fourth-order valence-electron chi connectivity index (χ4n) is 1.20. The van der Waals surface area contributed by atoms with Gasteiger partial charge in [0, 0.05) is 39.6 Å². The standard InChI is InChI=1S/C10H15NO3S2/c1-16(14)4-2-3-11-6-9-5-8(7-15-9)10(12)13/h5,7,11H,2-4,6H2,1H3,(H,12,13). The highest BCUT2D eigenvalue weighted by molar-refractivity contribution is 7.84. The van der Waals surface area contributed by atoms with E-state index < -0.39 is 16.8 Å². The molecule has 0 saturated heterocycles. The normalized spacial score (nSPS) is 12.6. The Bertz CT molecular complexity index is 376. The molecule has 90 valence electrons. The van der Waals surface area contributed by atoms with Gasteiger partial charge in [0.2, 0.25) is 0 Å². The fourth-order valence-corrected chi connectivity index (χ4v) is 2.58. The number of hydrogen-bond acceptors (Lipinski definition) is 4. The van der Waals surface area contributed by atoms with Crippen LogP contribution in [0, 0.1) is 0 Å². The zero-order chi connectivity index (χ0) is 12.0. The second-order valence-corrected chi connectivity index (χ2v) is 5.96. The molecule has 0 aliphatic rings. The van der Waals surface area contributed by atoms with Gasteiger partial charge in [0.1, 0.15) is 0 Å². The van der Waals surface area contributed by atoms with E-state index in [2.05, 4.69) is 5.32 Å². The van der Waals surface area contributed by atoms with Gasteiger partial charge in [-0.05, 0) is 19.0 Å². The van der Waals surface area contributed by atoms with Gasteiger partial charge in [-0.25, -0.2) is 4.79 Å². The van der Waals surface area contributed by atoms with Gasteiger partial charge in [-0.1, -0.05) is 0 Å². The van der Waals surface area contributed by atoms with E-state index >= 15 is 0 Å². The molecule has 0 fully saturated rings. The molecule has 1 rings (SSSR count). The first-order valence-electron chi connectivity index (χ1n) is 4.91. The Morgan fingerprint density at radius 1 is 1.62 bits per heavy atom. The van der Waals surface area contributed by atoms with Crippen molar-refractivity contribution in [3.8, 4) is 0 Å². The summed E-state index contributed by atoms with van der Waals surface area (Å²) in [6.45, 7) is 1.48. The van der Waals surface area contributed by atoms with E-state index in [0.717, 1.165) is 17.8 Å². The van der Waals surface area contributed by atoms with Crippen LogP contribution in [0.2, 0.25) is 0 Å². The average molecular weight is 261 g/mol. The van der Waals surface area contributed by atoms with Gasteiger partial charge in [0.15, 0.2) is 0 Å². The van der Waals surface area contributed by atoms with Crippen molar-refractivity contribution in [1.29, 1.82) is 0 Å². The van der Waals surface area contributed by atoms with E-state index in [1.54, 1.807) is 17.7 Å². The Balaban J connectivity index is 2.21. The third kappa shape index (κ3) is 4.87. The minimum Gasteiger partial charge on any atom is -0.478 e. The molecule has 0 amide bonds. The van der Waals surface area contributed by atoms with E-state index in [1.165, 1.54) is 11.3 Å². The van der Waals surface area contributed by atoms with E-state index in [4.69, 9.17) is 5.11 Å². The Hall–Kier alpha value is -0.720. The highest BCUT2D eigenvalue weighted by Crippen LogP contribution is 2.14. The van der Waals surface area contributed by atoms with Gasteiger partial charge in [-0.2, -0.15) is 0 Å². The number of rotatable bonds is 7. The lowest BCUT2D eigenvalue weighted by molar-refractivity contribution is 0.0697.